The lowest BCUT2D eigenvalue weighted by Crippen LogP contribution is -2.23. The lowest BCUT2D eigenvalue weighted by molar-refractivity contribution is -0.121. The van der Waals surface area contributed by atoms with Gasteiger partial charge in [-0.05, 0) is 18.6 Å². The number of fused-ring (bicyclic) bond motifs is 1. The standard InChI is InChI=1S/C17H18N4O3/c1-11-19-16(24-21-11)8-7-15(22)18-10-12-9-17(23-2)20-14-6-4-3-5-13(12)14/h3-6,9H,7-8,10H2,1-2H3,(H,18,22). The summed E-state index contributed by atoms with van der Waals surface area (Å²) in [6.45, 7) is 2.15. The molecule has 0 radical (unpaired) electrons. The van der Waals surface area contributed by atoms with Gasteiger partial charge in [0.15, 0.2) is 5.82 Å². The number of nitrogens with zero attached hydrogens (tertiary/aromatic N) is 3. The average molecular weight is 326 g/mol. The van der Waals surface area contributed by atoms with Crippen molar-refractivity contribution in [2.24, 2.45) is 0 Å². The quantitative estimate of drug-likeness (QED) is 0.747. The van der Waals surface area contributed by atoms with Gasteiger partial charge in [-0.15, -0.1) is 0 Å². The maximum atomic E-state index is 12.0. The molecule has 0 saturated carbocycles. The van der Waals surface area contributed by atoms with Gasteiger partial charge in [-0.2, -0.15) is 4.98 Å². The molecule has 24 heavy (non-hydrogen) atoms. The van der Waals surface area contributed by atoms with Crippen LogP contribution in [0.4, 0.5) is 0 Å². The van der Waals surface area contributed by atoms with Gasteiger partial charge in [-0.1, -0.05) is 23.4 Å². The third kappa shape index (κ3) is 3.68. The fourth-order valence-electron chi connectivity index (χ4n) is 2.42. The summed E-state index contributed by atoms with van der Waals surface area (Å²) < 4.78 is 10.2. The van der Waals surface area contributed by atoms with Crippen LogP contribution in [0.2, 0.25) is 0 Å². The molecular formula is C17H18N4O3. The first-order valence-corrected chi connectivity index (χ1v) is 7.64. The molecule has 0 bridgehead atoms. The Bertz CT molecular complexity index is 860. The van der Waals surface area contributed by atoms with Crippen LogP contribution in [0.15, 0.2) is 34.9 Å². The first-order chi connectivity index (χ1) is 11.7. The lowest BCUT2D eigenvalue weighted by atomic mass is 10.1. The van der Waals surface area contributed by atoms with Crippen LogP contribution >= 0.6 is 0 Å². The molecule has 0 aliphatic rings. The van der Waals surface area contributed by atoms with E-state index in [9.17, 15) is 4.79 Å². The highest BCUT2D eigenvalue weighted by Gasteiger charge is 2.10. The van der Waals surface area contributed by atoms with Crippen molar-refractivity contribution in [1.29, 1.82) is 0 Å². The van der Waals surface area contributed by atoms with Gasteiger partial charge in [0, 0.05) is 30.8 Å². The van der Waals surface area contributed by atoms with E-state index < -0.39 is 0 Å². The molecule has 0 atom stereocenters. The number of hydrogen-bond acceptors (Lipinski definition) is 6. The van der Waals surface area contributed by atoms with E-state index in [0.29, 0.717) is 37.0 Å². The van der Waals surface area contributed by atoms with Gasteiger partial charge in [0.25, 0.3) is 0 Å². The molecule has 0 fully saturated rings. The number of nitrogens with one attached hydrogen (secondary N) is 1. The number of carbonyl (C=O) groups is 1. The van der Waals surface area contributed by atoms with Gasteiger partial charge >= 0.3 is 0 Å². The molecule has 7 heteroatoms. The number of methoxy groups -OCH3 is 1. The smallest absolute Gasteiger partial charge is 0.227 e. The van der Waals surface area contributed by atoms with E-state index in [-0.39, 0.29) is 5.91 Å². The monoisotopic (exact) mass is 326 g/mol. The summed E-state index contributed by atoms with van der Waals surface area (Å²) in [5, 5.41) is 7.60. The molecule has 2 heterocycles. The Morgan fingerprint density at radius 2 is 2.12 bits per heavy atom. The van der Waals surface area contributed by atoms with Crippen LogP contribution in [0, 0.1) is 6.92 Å². The van der Waals surface area contributed by atoms with E-state index in [1.165, 1.54) is 0 Å². The van der Waals surface area contributed by atoms with Crippen LogP contribution < -0.4 is 10.1 Å². The summed E-state index contributed by atoms with van der Waals surface area (Å²) in [5.41, 5.74) is 1.79. The topological polar surface area (TPSA) is 90.1 Å². The van der Waals surface area contributed by atoms with Crippen LogP contribution in [0.3, 0.4) is 0 Å². The van der Waals surface area contributed by atoms with E-state index in [1.807, 2.05) is 30.3 Å². The molecule has 0 saturated heterocycles. The first kappa shape index (κ1) is 15.9. The highest BCUT2D eigenvalue weighted by atomic mass is 16.5. The maximum Gasteiger partial charge on any atom is 0.227 e. The van der Waals surface area contributed by atoms with E-state index in [4.69, 9.17) is 9.26 Å². The maximum absolute atomic E-state index is 12.0. The molecule has 1 N–H and O–H groups in total. The SMILES string of the molecule is COc1cc(CNC(=O)CCc2nc(C)no2)c2ccccc2n1. The molecule has 1 amide bonds. The van der Waals surface area contributed by atoms with Gasteiger partial charge in [0.2, 0.25) is 17.7 Å². The van der Waals surface area contributed by atoms with Crippen LogP contribution in [-0.4, -0.2) is 28.1 Å². The predicted molar refractivity (Wildman–Crippen MR) is 87.5 cm³/mol. The Morgan fingerprint density at radius 1 is 1.29 bits per heavy atom. The van der Waals surface area contributed by atoms with Crippen molar-refractivity contribution < 1.29 is 14.1 Å². The Hall–Kier alpha value is -2.96. The number of benzene rings is 1. The van der Waals surface area contributed by atoms with E-state index in [1.54, 1.807) is 14.0 Å². The van der Waals surface area contributed by atoms with Crippen molar-refractivity contribution in [3.05, 3.63) is 47.6 Å². The number of pyridine rings is 1. The van der Waals surface area contributed by atoms with Gasteiger partial charge in [0.1, 0.15) is 0 Å². The number of rotatable bonds is 6. The van der Waals surface area contributed by atoms with Gasteiger partial charge in [-0.25, -0.2) is 4.98 Å². The number of carbonyl (C=O) groups excluding carboxylic acids is 1. The van der Waals surface area contributed by atoms with Crippen molar-refractivity contribution in [2.75, 3.05) is 7.11 Å². The minimum Gasteiger partial charge on any atom is -0.481 e. The molecule has 3 rings (SSSR count). The second-order valence-electron chi connectivity index (χ2n) is 5.35. The Kier molecular flexibility index (Phi) is 4.69. The van der Waals surface area contributed by atoms with Crippen molar-refractivity contribution >= 4 is 16.8 Å². The lowest BCUT2D eigenvalue weighted by Gasteiger charge is -2.10. The molecule has 0 aliphatic carbocycles. The average Bonchev–Trinajstić information content (AvgIpc) is 3.03. The third-order valence-corrected chi connectivity index (χ3v) is 3.60. The number of aromatic nitrogens is 3. The Morgan fingerprint density at radius 3 is 2.88 bits per heavy atom. The van der Waals surface area contributed by atoms with Crippen LogP contribution in [0.5, 0.6) is 5.88 Å². The molecule has 3 aromatic rings. The molecule has 124 valence electrons. The van der Waals surface area contributed by atoms with Crippen LogP contribution in [-0.2, 0) is 17.8 Å². The van der Waals surface area contributed by atoms with E-state index >= 15 is 0 Å². The summed E-state index contributed by atoms with van der Waals surface area (Å²) in [6.07, 6.45) is 0.717. The summed E-state index contributed by atoms with van der Waals surface area (Å²) >= 11 is 0. The molecule has 0 unspecified atom stereocenters. The number of ether oxygens (including phenoxy) is 1. The number of para-hydroxylation sites is 1. The molecule has 1 aromatic carbocycles. The molecular weight excluding hydrogens is 308 g/mol. The van der Waals surface area contributed by atoms with E-state index in [2.05, 4.69) is 20.4 Å². The number of amides is 1. The van der Waals surface area contributed by atoms with Crippen molar-refractivity contribution in [2.45, 2.75) is 26.3 Å². The highest BCUT2D eigenvalue weighted by Crippen LogP contribution is 2.21. The van der Waals surface area contributed by atoms with Gasteiger partial charge in [0.05, 0.1) is 12.6 Å². The second kappa shape index (κ2) is 7.08. The largest absolute Gasteiger partial charge is 0.481 e. The molecule has 0 aliphatic heterocycles. The summed E-state index contributed by atoms with van der Waals surface area (Å²) in [6, 6.07) is 9.60. The summed E-state index contributed by atoms with van der Waals surface area (Å²) in [7, 11) is 1.58. The van der Waals surface area contributed by atoms with Crippen LogP contribution in [0.1, 0.15) is 23.7 Å². The van der Waals surface area contributed by atoms with Crippen molar-refractivity contribution in [3.8, 4) is 5.88 Å². The number of hydrogen-bond donors (Lipinski definition) is 1. The zero-order chi connectivity index (χ0) is 16.9. The zero-order valence-corrected chi connectivity index (χ0v) is 13.6. The van der Waals surface area contributed by atoms with Crippen molar-refractivity contribution in [3.63, 3.8) is 0 Å². The fourth-order valence-corrected chi connectivity index (χ4v) is 2.42. The zero-order valence-electron chi connectivity index (χ0n) is 13.6. The number of aryl methyl sites for hydroxylation is 2. The summed E-state index contributed by atoms with van der Waals surface area (Å²) in [5.74, 6) is 1.49. The summed E-state index contributed by atoms with van der Waals surface area (Å²) in [4.78, 5) is 20.5. The van der Waals surface area contributed by atoms with Crippen LogP contribution in [0.25, 0.3) is 10.9 Å². The predicted octanol–water partition coefficient (Wildman–Crippen LogP) is 2.18. The van der Waals surface area contributed by atoms with Crippen molar-refractivity contribution in [1.82, 2.24) is 20.4 Å². The fraction of sp³-hybridized carbons (Fsp3) is 0.294. The minimum absolute atomic E-state index is 0.0780. The Labute approximate surface area is 139 Å². The second-order valence-corrected chi connectivity index (χ2v) is 5.35. The van der Waals surface area contributed by atoms with E-state index in [0.717, 1.165) is 16.5 Å². The minimum atomic E-state index is -0.0780. The third-order valence-electron chi connectivity index (χ3n) is 3.60. The molecule has 7 nitrogen and oxygen atoms in total. The molecule has 2 aromatic heterocycles. The Balaban J connectivity index is 1.65. The molecule has 0 spiro atoms. The van der Waals surface area contributed by atoms with Gasteiger partial charge < -0.3 is 14.6 Å². The van der Waals surface area contributed by atoms with Gasteiger partial charge in [-0.3, -0.25) is 4.79 Å². The first-order valence-electron chi connectivity index (χ1n) is 7.64. The highest BCUT2D eigenvalue weighted by molar-refractivity contribution is 5.83. The normalized spacial score (nSPS) is 10.8.